The first-order valence-corrected chi connectivity index (χ1v) is 7.28. The quantitative estimate of drug-likeness (QED) is 0.836. The first-order chi connectivity index (χ1) is 9.70. The molecule has 110 valence electrons. The summed E-state index contributed by atoms with van der Waals surface area (Å²) in [5.74, 6) is 0.0356. The van der Waals surface area contributed by atoms with Crippen LogP contribution in [0.3, 0.4) is 0 Å². The van der Waals surface area contributed by atoms with Crippen molar-refractivity contribution in [3.8, 4) is 0 Å². The van der Waals surface area contributed by atoms with Crippen molar-refractivity contribution in [2.45, 2.75) is 25.9 Å². The van der Waals surface area contributed by atoms with Gasteiger partial charge in [-0.3, -0.25) is 9.69 Å². The first-order valence-electron chi connectivity index (χ1n) is 6.90. The molecule has 0 aliphatic carbocycles. The third kappa shape index (κ3) is 4.16. The Hall–Kier alpha value is -1.17. The maximum atomic E-state index is 12.1. The van der Waals surface area contributed by atoms with Gasteiger partial charge in [-0.15, -0.1) is 0 Å². The lowest BCUT2D eigenvalue weighted by molar-refractivity contribution is -0.132. The van der Waals surface area contributed by atoms with Crippen LogP contribution in [-0.2, 0) is 16.1 Å². The molecule has 1 aromatic heterocycles. The highest BCUT2D eigenvalue weighted by Gasteiger charge is 2.29. The Morgan fingerprint density at radius 1 is 1.60 bits per heavy atom. The molecule has 1 aliphatic heterocycles. The molecule has 1 atom stereocenters. The van der Waals surface area contributed by atoms with Crippen LogP contribution in [-0.4, -0.2) is 48.1 Å². The predicted octanol–water partition coefficient (Wildman–Crippen LogP) is 1.46. The standard InChI is InChI=1S/C14H20ClN3O2/c1-2-5-16-14(19)12-10-20-7-6-18(12)9-11-3-4-13(15)17-8-11/h3-4,8,12H,2,5-7,9-10H2,1H3,(H,16,19). The number of rotatable bonds is 5. The molecular formula is C14H20ClN3O2. The maximum absolute atomic E-state index is 12.1. The summed E-state index contributed by atoms with van der Waals surface area (Å²) in [5, 5.41) is 3.41. The summed E-state index contributed by atoms with van der Waals surface area (Å²) < 4.78 is 5.43. The van der Waals surface area contributed by atoms with E-state index in [1.54, 1.807) is 12.3 Å². The van der Waals surface area contributed by atoms with E-state index in [0.717, 1.165) is 18.5 Å². The molecule has 1 aliphatic rings. The van der Waals surface area contributed by atoms with Crippen LogP contribution in [0.4, 0.5) is 0 Å². The van der Waals surface area contributed by atoms with Crippen LogP contribution in [0.5, 0.6) is 0 Å². The van der Waals surface area contributed by atoms with Crippen molar-refractivity contribution in [3.63, 3.8) is 0 Å². The molecule has 5 nitrogen and oxygen atoms in total. The van der Waals surface area contributed by atoms with Gasteiger partial charge in [0.25, 0.3) is 0 Å². The van der Waals surface area contributed by atoms with E-state index >= 15 is 0 Å². The van der Waals surface area contributed by atoms with Crippen LogP contribution >= 0.6 is 11.6 Å². The fourth-order valence-corrected chi connectivity index (χ4v) is 2.28. The topological polar surface area (TPSA) is 54.5 Å². The number of ether oxygens (including phenoxy) is 1. The number of hydrogen-bond acceptors (Lipinski definition) is 4. The van der Waals surface area contributed by atoms with Crippen LogP contribution in [0.25, 0.3) is 0 Å². The van der Waals surface area contributed by atoms with Crippen molar-refractivity contribution in [1.29, 1.82) is 0 Å². The molecule has 0 radical (unpaired) electrons. The lowest BCUT2D eigenvalue weighted by Crippen LogP contribution is -2.53. The van der Waals surface area contributed by atoms with E-state index in [0.29, 0.717) is 31.5 Å². The van der Waals surface area contributed by atoms with Gasteiger partial charge in [0, 0.05) is 25.8 Å². The number of amides is 1. The Labute approximate surface area is 124 Å². The van der Waals surface area contributed by atoms with Crippen molar-refractivity contribution in [3.05, 3.63) is 29.0 Å². The van der Waals surface area contributed by atoms with Crippen LogP contribution < -0.4 is 5.32 Å². The molecule has 1 unspecified atom stereocenters. The van der Waals surface area contributed by atoms with E-state index in [-0.39, 0.29) is 11.9 Å². The summed E-state index contributed by atoms with van der Waals surface area (Å²) in [6, 6.07) is 3.47. The normalized spacial score (nSPS) is 19.8. The van der Waals surface area contributed by atoms with E-state index in [9.17, 15) is 4.79 Å². The van der Waals surface area contributed by atoms with Gasteiger partial charge in [-0.05, 0) is 18.1 Å². The molecular weight excluding hydrogens is 278 g/mol. The van der Waals surface area contributed by atoms with Gasteiger partial charge in [-0.25, -0.2) is 4.98 Å². The predicted molar refractivity (Wildman–Crippen MR) is 77.6 cm³/mol. The smallest absolute Gasteiger partial charge is 0.239 e. The SMILES string of the molecule is CCCNC(=O)C1COCCN1Cc1ccc(Cl)nc1. The molecule has 1 N–H and O–H groups in total. The van der Waals surface area contributed by atoms with Crippen molar-refractivity contribution in [1.82, 2.24) is 15.2 Å². The van der Waals surface area contributed by atoms with Crippen molar-refractivity contribution in [2.75, 3.05) is 26.3 Å². The zero-order chi connectivity index (χ0) is 14.4. The van der Waals surface area contributed by atoms with E-state index in [2.05, 4.69) is 15.2 Å². The highest BCUT2D eigenvalue weighted by Crippen LogP contribution is 2.13. The molecule has 20 heavy (non-hydrogen) atoms. The number of pyridine rings is 1. The summed E-state index contributed by atoms with van der Waals surface area (Å²) >= 11 is 5.78. The average Bonchev–Trinajstić information content (AvgIpc) is 2.48. The summed E-state index contributed by atoms with van der Waals surface area (Å²) in [6.45, 7) is 5.25. The Kier molecular flexibility index (Phi) is 5.76. The van der Waals surface area contributed by atoms with Crippen LogP contribution in [0.1, 0.15) is 18.9 Å². The highest BCUT2D eigenvalue weighted by molar-refractivity contribution is 6.29. The van der Waals surface area contributed by atoms with Crippen molar-refractivity contribution in [2.24, 2.45) is 0 Å². The number of hydrogen-bond donors (Lipinski definition) is 1. The molecule has 1 saturated heterocycles. The number of nitrogens with one attached hydrogen (secondary N) is 1. The van der Waals surface area contributed by atoms with E-state index < -0.39 is 0 Å². The zero-order valence-corrected chi connectivity index (χ0v) is 12.4. The third-order valence-electron chi connectivity index (χ3n) is 3.27. The molecule has 0 bridgehead atoms. The Morgan fingerprint density at radius 2 is 2.45 bits per heavy atom. The van der Waals surface area contributed by atoms with Crippen LogP contribution in [0.15, 0.2) is 18.3 Å². The minimum atomic E-state index is -0.231. The summed E-state index contributed by atoms with van der Waals surface area (Å²) in [6.07, 6.45) is 2.68. The van der Waals surface area contributed by atoms with Gasteiger partial charge in [-0.2, -0.15) is 0 Å². The molecule has 0 saturated carbocycles. The number of carbonyl (C=O) groups excluding carboxylic acids is 1. The van der Waals surface area contributed by atoms with Gasteiger partial charge in [0.05, 0.1) is 13.2 Å². The van der Waals surface area contributed by atoms with Crippen LogP contribution in [0.2, 0.25) is 5.15 Å². The second kappa shape index (κ2) is 7.57. The van der Waals surface area contributed by atoms with Crippen LogP contribution in [0, 0.1) is 0 Å². The Balaban J connectivity index is 1.99. The molecule has 2 rings (SSSR count). The van der Waals surface area contributed by atoms with E-state index in [1.807, 2.05) is 13.0 Å². The second-order valence-corrected chi connectivity index (χ2v) is 5.23. The largest absolute Gasteiger partial charge is 0.378 e. The number of carbonyl (C=O) groups is 1. The van der Waals surface area contributed by atoms with Crippen molar-refractivity contribution < 1.29 is 9.53 Å². The number of morpholine rings is 1. The maximum Gasteiger partial charge on any atom is 0.239 e. The Morgan fingerprint density at radius 3 is 3.15 bits per heavy atom. The second-order valence-electron chi connectivity index (χ2n) is 4.84. The molecule has 2 heterocycles. The number of aromatic nitrogens is 1. The molecule has 1 amide bonds. The molecule has 0 aromatic carbocycles. The first kappa shape index (κ1) is 15.2. The minimum Gasteiger partial charge on any atom is -0.378 e. The summed E-state index contributed by atoms with van der Waals surface area (Å²) in [4.78, 5) is 18.3. The van der Waals surface area contributed by atoms with Gasteiger partial charge < -0.3 is 10.1 Å². The van der Waals surface area contributed by atoms with E-state index in [4.69, 9.17) is 16.3 Å². The van der Waals surface area contributed by atoms with Gasteiger partial charge in [0.2, 0.25) is 5.91 Å². The Bertz CT molecular complexity index is 439. The highest BCUT2D eigenvalue weighted by atomic mass is 35.5. The molecule has 1 aromatic rings. The van der Waals surface area contributed by atoms with Gasteiger partial charge >= 0.3 is 0 Å². The van der Waals surface area contributed by atoms with E-state index in [1.165, 1.54) is 0 Å². The molecule has 6 heteroatoms. The minimum absolute atomic E-state index is 0.0356. The molecule has 1 fully saturated rings. The third-order valence-corrected chi connectivity index (χ3v) is 3.49. The number of nitrogens with zero attached hydrogens (tertiary/aromatic N) is 2. The van der Waals surface area contributed by atoms with Gasteiger partial charge in [0.15, 0.2) is 0 Å². The van der Waals surface area contributed by atoms with Crippen molar-refractivity contribution >= 4 is 17.5 Å². The fraction of sp³-hybridized carbons (Fsp3) is 0.571. The van der Waals surface area contributed by atoms with Gasteiger partial charge in [0.1, 0.15) is 11.2 Å². The average molecular weight is 298 g/mol. The zero-order valence-electron chi connectivity index (χ0n) is 11.6. The summed E-state index contributed by atoms with van der Waals surface area (Å²) in [5.41, 5.74) is 1.05. The summed E-state index contributed by atoms with van der Waals surface area (Å²) in [7, 11) is 0. The van der Waals surface area contributed by atoms with Gasteiger partial charge in [-0.1, -0.05) is 24.6 Å². The lowest BCUT2D eigenvalue weighted by atomic mass is 10.1. The fourth-order valence-electron chi connectivity index (χ4n) is 2.17. The molecule has 0 spiro atoms. The monoisotopic (exact) mass is 297 g/mol. The lowest BCUT2D eigenvalue weighted by Gasteiger charge is -2.34. The number of halogens is 1.